The summed E-state index contributed by atoms with van der Waals surface area (Å²) in [5.74, 6) is 5.62. The summed E-state index contributed by atoms with van der Waals surface area (Å²) in [5, 5.41) is 7.44. The zero-order valence-electron chi connectivity index (χ0n) is 19.7. The summed E-state index contributed by atoms with van der Waals surface area (Å²) in [6.45, 7) is 3.50. The monoisotopic (exact) mass is 500 g/mol. The molecule has 0 saturated carbocycles. The van der Waals surface area contributed by atoms with Crippen molar-refractivity contribution in [2.24, 2.45) is 0 Å². The largest absolute Gasteiger partial charge is 0.340 e. The molecule has 0 atom stereocenters. The number of aromatic nitrogens is 2. The molecule has 2 aromatic carbocycles. The summed E-state index contributed by atoms with van der Waals surface area (Å²) >= 11 is 0. The number of sulfone groups is 1. The number of hydrogen-bond donors (Lipinski definition) is 2. The Labute approximate surface area is 207 Å². The summed E-state index contributed by atoms with van der Waals surface area (Å²) < 4.78 is 38.2. The fraction of sp³-hybridized carbons (Fsp3) is 0.148. The highest BCUT2D eigenvalue weighted by atomic mass is 32.2. The predicted molar refractivity (Wildman–Crippen MR) is 136 cm³/mol. The molecule has 2 N–H and O–H groups in total. The Morgan fingerprint density at radius 1 is 1.03 bits per heavy atom. The van der Waals surface area contributed by atoms with Crippen LogP contribution in [0.15, 0.2) is 65.8 Å². The predicted octanol–water partition coefficient (Wildman–Crippen LogP) is 4.55. The first kappa shape index (κ1) is 23.5. The van der Waals surface area contributed by atoms with Crippen molar-refractivity contribution in [2.75, 3.05) is 16.9 Å². The second-order valence-electron chi connectivity index (χ2n) is 9.08. The molecule has 180 valence electrons. The Morgan fingerprint density at radius 3 is 2.50 bits per heavy atom. The number of amides is 1. The Balaban J connectivity index is 1.48. The van der Waals surface area contributed by atoms with Gasteiger partial charge in [0, 0.05) is 40.8 Å². The molecule has 1 amide bonds. The Kier molecular flexibility index (Phi) is 5.49. The van der Waals surface area contributed by atoms with Crippen LogP contribution in [0.2, 0.25) is 0 Å². The van der Waals surface area contributed by atoms with Gasteiger partial charge in [-0.3, -0.25) is 4.79 Å². The number of nitrogens with one attached hydrogen (secondary N) is 2. The number of hydrogen-bond acceptors (Lipinski definition) is 6. The number of carbonyl (C=O) groups is 1. The van der Waals surface area contributed by atoms with Crippen molar-refractivity contribution in [3.8, 4) is 11.8 Å². The van der Waals surface area contributed by atoms with Gasteiger partial charge in [-0.2, -0.15) is 0 Å². The molecular formula is C27H21FN4O3S. The molecule has 36 heavy (non-hydrogen) atoms. The lowest BCUT2D eigenvalue weighted by Gasteiger charge is -2.14. The Morgan fingerprint density at radius 2 is 1.78 bits per heavy atom. The van der Waals surface area contributed by atoms with Crippen LogP contribution in [-0.2, 0) is 20.0 Å². The summed E-state index contributed by atoms with van der Waals surface area (Å²) in [5.41, 5.74) is 1.61. The van der Waals surface area contributed by atoms with Crippen LogP contribution < -0.4 is 10.6 Å². The summed E-state index contributed by atoms with van der Waals surface area (Å²) in [7, 11) is -3.29. The second kappa shape index (κ2) is 8.43. The smallest absolute Gasteiger partial charge is 0.234 e. The zero-order valence-corrected chi connectivity index (χ0v) is 20.5. The van der Waals surface area contributed by atoms with Gasteiger partial charge in [0.05, 0.1) is 15.9 Å². The number of pyridine rings is 2. The lowest BCUT2D eigenvalue weighted by Crippen LogP contribution is -2.26. The first-order chi connectivity index (χ1) is 17.0. The molecule has 0 aliphatic carbocycles. The van der Waals surface area contributed by atoms with Crippen LogP contribution in [0.1, 0.15) is 30.7 Å². The first-order valence-corrected chi connectivity index (χ1v) is 12.9. The molecular weight excluding hydrogens is 479 g/mol. The van der Waals surface area contributed by atoms with Gasteiger partial charge >= 0.3 is 0 Å². The zero-order chi connectivity index (χ0) is 25.7. The molecule has 0 unspecified atom stereocenters. The van der Waals surface area contributed by atoms with Crippen molar-refractivity contribution in [2.45, 2.75) is 24.2 Å². The van der Waals surface area contributed by atoms with Crippen molar-refractivity contribution in [1.29, 1.82) is 0 Å². The van der Waals surface area contributed by atoms with Crippen molar-refractivity contribution in [3.05, 3.63) is 83.6 Å². The number of halogens is 1. The van der Waals surface area contributed by atoms with E-state index >= 15 is 0 Å². The molecule has 1 aliphatic rings. The van der Waals surface area contributed by atoms with Crippen molar-refractivity contribution in [1.82, 2.24) is 9.97 Å². The van der Waals surface area contributed by atoms with Gasteiger partial charge in [0.25, 0.3) is 0 Å². The fourth-order valence-corrected chi connectivity index (χ4v) is 4.61. The van der Waals surface area contributed by atoms with Gasteiger partial charge in [-0.15, -0.1) is 0 Å². The SMILES string of the molecule is CC1(C)C(=O)Nc2cc(C#Cc3nccc4cnc(Nc5ccc(S(C)(=O)=O)cc5)cc34)c(F)cc21. The highest BCUT2D eigenvalue weighted by molar-refractivity contribution is 7.90. The number of fused-ring (bicyclic) bond motifs is 2. The van der Waals surface area contributed by atoms with E-state index in [4.69, 9.17) is 0 Å². The van der Waals surface area contributed by atoms with E-state index in [0.717, 1.165) is 11.6 Å². The molecule has 7 nitrogen and oxygen atoms in total. The standard InChI is InChI=1S/C27H21FN4O3S/c1-27(2)21-14-22(28)16(12-24(21)32-26(27)33)4-9-23-20-13-25(30-15-17(20)10-11-29-23)31-18-5-7-19(8-6-18)36(3,34)35/h5-8,10-15H,1-3H3,(H,30,31)(H,32,33). The van der Waals surface area contributed by atoms with Crippen molar-refractivity contribution in [3.63, 3.8) is 0 Å². The number of rotatable bonds is 3. The maximum atomic E-state index is 14.8. The third kappa shape index (κ3) is 4.27. The van der Waals surface area contributed by atoms with Gasteiger partial charge in [0.15, 0.2) is 9.84 Å². The average molecular weight is 501 g/mol. The molecule has 0 bridgehead atoms. The van der Waals surface area contributed by atoms with E-state index in [1.54, 1.807) is 56.6 Å². The number of carbonyl (C=O) groups excluding carboxylic acids is 1. The van der Waals surface area contributed by atoms with E-state index in [0.29, 0.717) is 33.8 Å². The fourth-order valence-electron chi connectivity index (χ4n) is 3.98. The third-order valence-electron chi connectivity index (χ3n) is 6.11. The molecule has 3 heterocycles. The summed E-state index contributed by atoms with van der Waals surface area (Å²) in [6.07, 6.45) is 4.43. The van der Waals surface area contributed by atoms with Gasteiger partial charge in [-0.1, -0.05) is 5.92 Å². The van der Waals surface area contributed by atoms with E-state index in [2.05, 4.69) is 32.4 Å². The Hall–Kier alpha value is -4.29. The van der Waals surface area contributed by atoms with Gasteiger partial charge in [-0.05, 0) is 73.9 Å². The van der Waals surface area contributed by atoms with Gasteiger partial charge < -0.3 is 10.6 Å². The maximum absolute atomic E-state index is 14.8. The van der Waals surface area contributed by atoms with Gasteiger partial charge in [0.2, 0.25) is 5.91 Å². The molecule has 9 heteroatoms. The first-order valence-electron chi connectivity index (χ1n) is 11.0. The van der Waals surface area contributed by atoms with Crippen molar-refractivity contribution >= 4 is 43.7 Å². The van der Waals surface area contributed by atoms with Crippen LogP contribution in [0.25, 0.3) is 10.8 Å². The van der Waals surface area contributed by atoms with Gasteiger partial charge in [-0.25, -0.2) is 22.8 Å². The number of benzene rings is 2. The van der Waals surface area contributed by atoms with Gasteiger partial charge in [0.1, 0.15) is 17.3 Å². The number of anilines is 3. The minimum Gasteiger partial charge on any atom is -0.340 e. The minimum absolute atomic E-state index is 0.156. The third-order valence-corrected chi connectivity index (χ3v) is 7.24. The molecule has 5 rings (SSSR count). The minimum atomic E-state index is -3.29. The van der Waals surface area contributed by atoms with E-state index in [-0.39, 0.29) is 16.4 Å². The van der Waals surface area contributed by atoms with Crippen molar-refractivity contribution < 1.29 is 17.6 Å². The lowest BCUT2D eigenvalue weighted by molar-refractivity contribution is -0.119. The lowest BCUT2D eigenvalue weighted by atomic mass is 9.86. The van der Waals surface area contributed by atoms with Crippen LogP contribution in [0.4, 0.5) is 21.6 Å². The topological polar surface area (TPSA) is 101 Å². The van der Waals surface area contributed by atoms with Crippen LogP contribution in [0.3, 0.4) is 0 Å². The van der Waals surface area contributed by atoms with E-state index in [9.17, 15) is 17.6 Å². The molecule has 0 fully saturated rings. The highest BCUT2D eigenvalue weighted by Gasteiger charge is 2.39. The molecule has 0 saturated heterocycles. The molecule has 2 aromatic heterocycles. The van der Waals surface area contributed by atoms with Crippen LogP contribution in [0, 0.1) is 17.7 Å². The molecule has 4 aromatic rings. The summed E-state index contributed by atoms with van der Waals surface area (Å²) in [4.78, 5) is 21.2. The van der Waals surface area contributed by atoms with Crippen LogP contribution >= 0.6 is 0 Å². The average Bonchev–Trinajstić information content (AvgIpc) is 3.05. The van der Waals surface area contributed by atoms with E-state index in [1.807, 2.05) is 0 Å². The highest BCUT2D eigenvalue weighted by Crippen LogP contribution is 2.38. The normalized spacial score (nSPS) is 14.1. The molecule has 0 radical (unpaired) electrons. The summed E-state index contributed by atoms with van der Waals surface area (Å²) in [6, 6.07) is 12.8. The number of nitrogens with zero attached hydrogens (tertiary/aromatic N) is 2. The quantitative estimate of drug-likeness (QED) is 0.401. The maximum Gasteiger partial charge on any atom is 0.234 e. The van der Waals surface area contributed by atoms with E-state index < -0.39 is 21.1 Å². The molecule has 1 aliphatic heterocycles. The molecule has 0 spiro atoms. The second-order valence-corrected chi connectivity index (χ2v) is 11.1. The Bertz CT molecular complexity index is 1720. The van der Waals surface area contributed by atoms with Crippen LogP contribution in [-0.4, -0.2) is 30.5 Å². The van der Waals surface area contributed by atoms with E-state index in [1.165, 1.54) is 18.2 Å². The van der Waals surface area contributed by atoms with Crippen LogP contribution in [0.5, 0.6) is 0 Å².